The highest BCUT2D eigenvalue weighted by Gasteiger charge is 2.33. The highest BCUT2D eigenvalue weighted by Crippen LogP contribution is 2.36. The summed E-state index contributed by atoms with van der Waals surface area (Å²) >= 11 is 2.89. The van der Waals surface area contributed by atoms with Crippen LogP contribution < -0.4 is 5.32 Å². The molecular weight excluding hydrogens is 415 g/mol. The molecule has 5 nitrogen and oxygen atoms in total. The standard InChI is InChI=1S/C17H23BrF3N3O2/c1-12(11-26-2)24-7-5-23(6-8-24)10-16(25)22-13-3-4-15(18)14(9-13)17(19,20)21/h3-4,9,12H,5-8,10-11H2,1-2H3,(H,22,25)/t12-/m0/s1. The number of alkyl halides is 3. The molecule has 1 aliphatic rings. The van der Waals surface area contributed by atoms with Gasteiger partial charge in [-0.15, -0.1) is 0 Å². The van der Waals surface area contributed by atoms with Crippen molar-refractivity contribution in [3.8, 4) is 0 Å². The number of nitrogens with one attached hydrogen (secondary N) is 1. The second-order valence-electron chi connectivity index (χ2n) is 6.36. The lowest BCUT2D eigenvalue weighted by Gasteiger charge is -2.37. The van der Waals surface area contributed by atoms with Crippen molar-refractivity contribution in [2.75, 3.05) is 51.8 Å². The number of piperazine rings is 1. The monoisotopic (exact) mass is 437 g/mol. The smallest absolute Gasteiger partial charge is 0.383 e. The number of methoxy groups -OCH3 is 1. The molecule has 1 atom stereocenters. The summed E-state index contributed by atoms with van der Waals surface area (Å²) < 4.78 is 43.9. The minimum atomic E-state index is -4.48. The van der Waals surface area contributed by atoms with Crippen molar-refractivity contribution >= 4 is 27.5 Å². The quantitative estimate of drug-likeness (QED) is 0.742. The lowest BCUT2D eigenvalue weighted by Crippen LogP contribution is -2.52. The molecule has 1 aliphatic heterocycles. The summed E-state index contributed by atoms with van der Waals surface area (Å²) in [5, 5.41) is 2.55. The van der Waals surface area contributed by atoms with E-state index in [1.165, 1.54) is 12.1 Å². The Labute approximate surface area is 159 Å². The van der Waals surface area contributed by atoms with Gasteiger partial charge in [-0.05, 0) is 25.1 Å². The number of hydrogen-bond acceptors (Lipinski definition) is 4. The van der Waals surface area contributed by atoms with Gasteiger partial charge < -0.3 is 10.1 Å². The summed E-state index contributed by atoms with van der Waals surface area (Å²) in [7, 11) is 1.67. The minimum absolute atomic E-state index is 0.0516. The number of hydrogen-bond donors (Lipinski definition) is 1. The number of ether oxygens (including phenoxy) is 1. The zero-order valence-corrected chi connectivity index (χ0v) is 16.4. The molecule has 1 aromatic carbocycles. The Hall–Kier alpha value is -1.16. The first-order valence-corrected chi connectivity index (χ1v) is 9.12. The first-order chi connectivity index (χ1) is 12.2. The Bertz CT molecular complexity index is 620. The van der Waals surface area contributed by atoms with E-state index in [4.69, 9.17) is 4.74 Å². The minimum Gasteiger partial charge on any atom is -0.383 e. The third-order valence-corrected chi connectivity index (χ3v) is 5.05. The number of nitrogens with zero attached hydrogens (tertiary/aromatic N) is 2. The molecule has 0 unspecified atom stereocenters. The van der Waals surface area contributed by atoms with Gasteiger partial charge in [-0.2, -0.15) is 13.2 Å². The topological polar surface area (TPSA) is 44.8 Å². The summed E-state index contributed by atoms with van der Waals surface area (Å²) in [4.78, 5) is 16.5. The van der Waals surface area contributed by atoms with E-state index in [1.807, 2.05) is 4.90 Å². The Balaban J connectivity index is 1.86. The maximum Gasteiger partial charge on any atom is 0.417 e. The predicted octanol–water partition coefficient (Wildman–Crippen LogP) is 3.06. The maximum atomic E-state index is 12.9. The Morgan fingerprint density at radius 2 is 1.96 bits per heavy atom. The lowest BCUT2D eigenvalue weighted by atomic mass is 10.2. The normalized spacial score (nSPS) is 17.9. The highest BCUT2D eigenvalue weighted by atomic mass is 79.9. The van der Waals surface area contributed by atoms with Crippen LogP contribution in [0.1, 0.15) is 12.5 Å². The molecule has 0 spiro atoms. The molecule has 9 heteroatoms. The lowest BCUT2D eigenvalue weighted by molar-refractivity contribution is -0.138. The number of benzene rings is 1. The van der Waals surface area contributed by atoms with Gasteiger partial charge in [0.25, 0.3) is 0 Å². The van der Waals surface area contributed by atoms with Crippen LogP contribution in [0, 0.1) is 0 Å². The first-order valence-electron chi connectivity index (χ1n) is 8.32. The van der Waals surface area contributed by atoms with Crippen LogP contribution in [-0.4, -0.2) is 68.2 Å². The van der Waals surface area contributed by atoms with Gasteiger partial charge in [-0.25, -0.2) is 0 Å². The molecular formula is C17H23BrF3N3O2. The third-order valence-electron chi connectivity index (χ3n) is 4.36. The van der Waals surface area contributed by atoms with Crippen molar-refractivity contribution in [2.45, 2.75) is 19.1 Å². The summed E-state index contributed by atoms with van der Waals surface area (Å²) in [5.74, 6) is -0.321. The first kappa shape index (κ1) is 21.1. The van der Waals surface area contributed by atoms with Gasteiger partial charge in [0.1, 0.15) is 0 Å². The summed E-state index contributed by atoms with van der Waals surface area (Å²) in [5.41, 5.74) is -0.672. The van der Waals surface area contributed by atoms with Gasteiger partial charge in [0.2, 0.25) is 5.91 Å². The van der Waals surface area contributed by atoms with Crippen LogP contribution >= 0.6 is 15.9 Å². The van der Waals surface area contributed by atoms with Crippen molar-refractivity contribution in [1.29, 1.82) is 0 Å². The molecule has 1 N–H and O–H groups in total. The average Bonchev–Trinajstić information content (AvgIpc) is 2.56. The molecule has 0 aromatic heterocycles. The molecule has 26 heavy (non-hydrogen) atoms. The van der Waals surface area contributed by atoms with Crippen LogP contribution in [0.25, 0.3) is 0 Å². The Morgan fingerprint density at radius 1 is 1.31 bits per heavy atom. The van der Waals surface area contributed by atoms with Crippen molar-refractivity contribution in [2.24, 2.45) is 0 Å². The van der Waals surface area contributed by atoms with Gasteiger partial charge in [0, 0.05) is 49.5 Å². The van der Waals surface area contributed by atoms with Crippen molar-refractivity contribution in [3.05, 3.63) is 28.2 Å². The van der Waals surface area contributed by atoms with E-state index in [2.05, 4.69) is 33.1 Å². The van der Waals surface area contributed by atoms with E-state index < -0.39 is 11.7 Å². The van der Waals surface area contributed by atoms with Crippen molar-refractivity contribution < 1.29 is 22.7 Å². The maximum absolute atomic E-state index is 12.9. The van der Waals surface area contributed by atoms with Crippen molar-refractivity contribution in [3.63, 3.8) is 0 Å². The number of carbonyl (C=O) groups excluding carboxylic acids is 1. The molecule has 0 aliphatic carbocycles. The van der Waals surface area contributed by atoms with Crippen LogP contribution in [-0.2, 0) is 15.7 Å². The number of rotatable bonds is 6. The number of anilines is 1. The fourth-order valence-corrected chi connectivity index (χ4v) is 3.40. The van der Waals surface area contributed by atoms with Gasteiger partial charge in [-0.1, -0.05) is 15.9 Å². The fourth-order valence-electron chi connectivity index (χ4n) is 2.93. The second kappa shape index (κ2) is 9.16. The fraction of sp³-hybridized carbons (Fsp3) is 0.588. The third kappa shape index (κ3) is 5.94. The van der Waals surface area contributed by atoms with Crippen molar-refractivity contribution in [1.82, 2.24) is 9.80 Å². The summed E-state index contributed by atoms with van der Waals surface area (Å²) in [6.07, 6.45) is -4.48. The highest BCUT2D eigenvalue weighted by molar-refractivity contribution is 9.10. The van der Waals surface area contributed by atoms with Crippen LogP contribution in [0.2, 0.25) is 0 Å². The molecule has 2 rings (SSSR count). The molecule has 1 aromatic rings. The van der Waals surface area contributed by atoms with Crippen LogP contribution in [0.15, 0.2) is 22.7 Å². The molecule has 0 radical (unpaired) electrons. The SMILES string of the molecule is COC[C@H](C)N1CCN(CC(=O)Nc2ccc(Br)c(C(F)(F)F)c2)CC1. The van der Waals surface area contributed by atoms with Gasteiger partial charge in [-0.3, -0.25) is 14.6 Å². The number of halogens is 4. The van der Waals surface area contributed by atoms with E-state index in [-0.39, 0.29) is 22.6 Å². The zero-order chi connectivity index (χ0) is 19.3. The van der Waals surface area contributed by atoms with E-state index >= 15 is 0 Å². The summed E-state index contributed by atoms with van der Waals surface area (Å²) in [6, 6.07) is 3.99. The van der Waals surface area contributed by atoms with E-state index in [1.54, 1.807) is 7.11 Å². The average molecular weight is 438 g/mol. The second-order valence-corrected chi connectivity index (χ2v) is 7.21. The molecule has 0 bridgehead atoms. The summed E-state index contributed by atoms with van der Waals surface area (Å²) in [6.45, 7) is 6.03. The van der Waals surface area contributed by atoms with Crippen LogP contribution in [0.4, 0.5) is 18.9 Å². The van der Waals surface area contributed by atoms with Gasteiger partial charge >= 0.3 is 6.18 Å². The Kier molecular flexibility index (Phi) is 7.45. The van der Waals surface area contributed by atoms with E-state index in [0.717, 1.165) is 32.2 Å². The number of carbonyl (C=O) groups is 1. The largest absolute Gasteiger partial charge is 0.417 e. The van der Waals surface area contributed by atoms with E-state index in [9.17, 15) is 18.0 Å². The molecule has 1 amide bonds. The molecule has 1 saturated heterocycles. The predicted molar refractivity (Wildman–Crippen MR) is 97.1 cm³/mol. The molecule has 1 fully saturated rings. The van der Waals surface area contributed by atoms with Gasteiger partial charge in [0.05, 0.1) is 18.7 Å². The molecule has 1 heterocycles. The molecule has 146 valence electrons. The Morgan fingerprint density at radius 3 is 2.54 bits per heavy atom. The van der Waals surface area contributed by atoms with Gasteiger partial charge in [0.15, 0.2) is 0 Å². The van der Waals surface area contributed by atoms with E-state index in [0.29, 0.717) is 12.6 Å². The molecule has 0 saturated carbocycles. The van der Waals surface area contributed by atoms with Crippen LogP contribution in [0.5, 0.6) is 0 Å². The zero-order valence-electron chi connectivity index (χ0n) is 14.8. The van der Waals surface area contributed by atoms with Crippen LogP contribution in [0.3, 0.4) is 0 Å². The number of amides is 1.